The van der Waals surface area contributed by atoms with E-state index in [1.165, 1.54) is 6.26 Å². The summed E-state index contributed by atoms with van der Waals surface area (Å²) in [5.74, 6) is -0.162. The Labute approximate surface area is 84.8 Å². The Morgan fingerprint density at radius 3 is 2.57 bits per heavy atom. The van der Waals surface area contributed by atoms with Gasteiger partial charge in [-0.15, -0.1) is 0 Å². The predicted molar refractivity (Wildman–Crippen MR) is 54.4 cm³/mol. The van der Waals surface area contributed by atoms with Crippen LogP contribution in [0.4, 0.5) is 0 Å². The van der Waals surface area contributed by atoms with Crippen LogP contribution in [0, 0.1) is 5.92 Å². The summed E-state index contributed by atoms with van der Waals surface area (Å²) in [5.41, 5.74) is 5.09. The zero-order chi connectivity index (χ0) is 10.8. The van der Waals surface area contributed by atoms with Crippen LogP contribution in [0.15, 0.2) is 0 Å². The van der Waals surface area contributed by atoms with Gasteiger partial charge in [-0.3, -0.25) is 4.79 Å². The lowest BCUT2D eigenvalue weighted by atomic mass is 9.86. The van der Waals surface area contributed by atoms with Crippen LogP contribution in [0.5, 0.6) is 0 Å². The number of sulfone groups is 1. The van der Waals surface area contributed by atoms with Crippen molar-refractivity contribution in [2.75, 3.05) is 6.26 Å². The average Bonchev–Trinajstić information content (AvgIpc) is 2.01. The number of hydrogen-bond donors (Lipinski definition) is 1. The Bertz CT molecular complexity index is 310. The lowest BCUT2D eigenvalue weighted by molar-refractivity contribution is -0.119. The number of nitrogens with two attached hydrogens (primary N) is 1. The van der Waals surface area contributed by atoms with Gasteiger partial charge in [0.05, 0.1) is 5.25 Å². The number of carbonyl (C=O) groups excluding carboxylic acids is 1. The molecule has 1 saturated carbocycles. The quantitative estimate of drug-likeness (QED) is 0.749. The summed E-state index contributed by atoms with van der Waals surface area (Å²) in [6, 6.07) is 0. The molecule has 0 aromatic carbocycles. The van der Waals surface area contributed by atoms with E-state index in [4.69, 9.17) is 5.73 Å². The van der Waals surface area contributed by atoms with Gasteiger partial charge in [-0.25, -0.2) is 8.42 Å². The fraction of sp³-hybridized carbons (Fsp3) is 0.889. The molecule has 0 aromatic heterocycles. The van der Waals surface area contributed by atoms with Crippen LogP contribution in [0.3, 0.4) is 0 Å². The Morgan fingerprint density at radius 2 is 2.07 bits per heavy atom. The van der Waals surface area contributed by atoms with Crippen molar-refractivity contribution >= 4 is 15.7 Å². The Kier molecular flexibility index (Phi) is 3.53. The Hall–Kier alpha value is -0.580. The van der Waals surface area contributed by atoms with Crippen molar-refractivity contribution in [1.29, 1.82) is 0 Å². The van der Waals surface area contributed by atoms with Gasteiger partial charge in [0.2, 0.25) is 5.91 Å². The third kappa shape index (κ3) is 3.29. The first-order chi connectivity index (χ1) is 6.39. The van der Waals surface area contributed by atoms with E-state index in [2.05, 4.69) is 0 Å². The van der Waals surface area contributed by atoms with Gasteiger partial charge in [0.1, 0.15) is 9.84 Å². The van der Waals surface area contributed by atoms with E-state index in [1.54, 1.807) is 0 Å². The highest BCUT2D eigenvalue weighted by molar-refractivity contribution is 7.91. The predicted octanol–water partition coefficient (Wildman–Crippen LogP) is 0.465. The normalized spacial score (nSPS) is 28.6. The smallest absolute Gasteiger partial charge is 0.217 e. The number of hydrogen-bond acceptors (Lipinski definition) is 3. The van der Waals surface area contributed by atoms with Gasteiger partial charge in [0, 0.05) is 12.7 Å². The van der Waals surface area contributed by atoms with Crippen molar-refractivity contribution in [1.82, 2.24) is 0 Å². The van der Waals surface area contributed by atoms with Crippen LogP contribution < -0.4 is 5.73 Å². The second-order valence-corrected chi connectivity index (χ2v) is 6.48. The summed E-state index contributed by atoms with van der Waals surface area (Å²) in [4.78, 5) is 10.7. The molecule has 14 heavy (non-hydrogen) atoms. The lowest BCUT2D eigenvalue weighted by Gasteiger charge is -2.26. The van der Waals surface area contributed by atoms with E-state index in [9.17, 15) is 13.2 Å². The molecule has 0 heterocycles. The molecular weight excluding hydrogens is 202 g/mol. The maximum Gasteiger partial charge on any atom is 0.217 e. The summed E-state index contributed by atoms with van der Waals surface area (Å²) in [5, 5.41) is -0.263. The SMILES string of the molecule is CS(=O)(=O)C1CCC[C@H](CC(N)=O)C1. The fourth-order valence-electron chi connectivity index (χ4n) is 2.10. The minimum absolute atomic E-state index is 0.168. The summed E-state index contributed by atoms with van der Waals surface area (Å²) in [7, 11) is -2.95. The van der Waals surface area contributed by atoms with E-state index in [1.807, 2.05) is 0 Å². The van der Waals surface area contributed by atoms with Gasteiger partial charge < -0.3 is 5.73 Å². The molecule has 2 N–H and O–H groups in total. The highest BCUT2D eigenvalue weighted by Crippen LogP contribution is 2.30. The van der Waals surface area contributed by atoms with Crippen molar-refractivity contribution < 1.29 is 13.2 Å². The molecule has 0 saturated heterocycles. The first kappa shape index (κ1) is 11.5. The molecule has 0 bridgehead atoms. The van der Waals surface area contributed by atoms with Gasteiger partial charge >= 0.3 is 0 Å². The van der Waals surface area contributed by atoms with Gasteiger partial charge in [0.25, 0.3) is 0 Å². The Balaban J connectivity index is 2.56. The summed E-state index contributed by atoms with van der Waals surface area (Å²) >= 11 is 0. The van der Waals surface area contributed by atoms with E-state index in [0.717, 1.165) is 19.3 Å². The molecule has 1 rings (SSSR count). The third-order valence-electron chi connectivity index (χ3n) is 2.83. The van der Waals surface area contributed by atoms with Crippen LogP contribution in [-0.2, 0) is 14.6 Å². The van der Waals surface area contributed by atoms with Gasteiger partial charge in [-0.1, -0.05) is 6.42 Å². The molecule has 1 aliphatic rings. The first-order valence-electron chi connectivity index (χ1n) is 4.86. The first-order valence-corrected chi connectivity index (χ1v) is 6.82. The minimum Gasteiger partial charge on any atom is -0.370 e. The fourth-order valence-corrected chi connectivity index (χ4v) is 3.32. The zero-order valence-corrected chi connectivity index (χ0v) is 9.22. The molecule has 4 nitrogen and oxygen atoms in total. The molecule has 0 radical (unpaired) electrons. The van der Waals surface area contributed by atoms with Crippen LogP contribution in [0.25, 0.3) is 0 Å². The molecule has 0 aliphatic heterocycles. The molecule has 82 valence electrons. The van der Waals surface area contributed by atoms with Gasteiger partial charge in [-0.05, 0) is 25.2 Å². The maximum absolute atomic E-state index is 11.3. The summed E-state index contributed by atoms with van der Waals surface area (Å²) in [6.45, 7) is 0. The van der Waals surface area contributed by atoms with Crippen molar-refractivity contribution in [3.05, 3.63) is 0 Å². The minimum atomic E-state index is -2.95. The van der Waals surface area contributed by atoms with E-state index >= 15 is 0 Å². The largest absolute Gasteiger partial charge is 0.370 e. The molecule has 1 aliphatic carbocycles. The highest BCUT2D eigenvalue weighted by Gasteiger charge is 2.29. The van der Waals surface area contributed by atoms with Crippen LogP contribution in [0.2, 0.25) is 0 Å². The second kappa shape index (κ2) is 4.29. The van der Waals surface area contributed by atoms with Crippen molar-refractivity contribution in [2.24, 2.45) is 11.7 Å². The number of rotatable bonds is 3. The molecule has 0 spiro atoms. The van der Waals surface area contributed by atoms with Crippen LogP contribution in [-0.4, -0.2) is 25.8 Å². The van der Waals surface area contributed by atoms with E-state index in [0.29, 0.717) is 12.8 Å². The molecule has 1 amide bonds. The summed E-state index contributed by atoms with van der Waals surface area (Å²) < 4.78 is 22.6. The average molecular weight is 219 g/mol. The number of primary amides is 1. The molecule has 2 atom stereocenters. The lowest BCUT2D eigenvalue weighted by Crippen LogP contribution is -2.29. The third-order valence-corrected chi connectivity index (χ3v) is 4.47. The van der Waals surface area contributed by atoms with E-state index in [-0.39, 0.29) is 17.1 Å². The molecule has 1 unspecified atom stereocenters. The number of carbonyl (C=O) groups is 1. The second-order valence-electron chi connectivity index (χ2n) is 4.15. The zero-order valence-electron chi connectivity index (χ0n) is 8.40. The molecule has 1 fully saturated rings. The molecule has 0 aromatic rings. The monoisotopic (exact) mass is 219 g/mol. The standard InChI is InChI=1S/C9H17NO3S/c1-14(12,13)8-4-2-3-7(5-8)6-9(10)11/h7-8H,2-6H2,1H3,(H2,10,11)/t7-,8?/m0/s1. The van der Waals surface area contributed by atoms with Crippen molar-refractivity contribution in [2.45, 2.75) is 37.4 Å². The topological polar surface area (TPSA) is 77.2 Å². The number of amides is 1. The van der Waals surface area contributed by atoms with Crippen LogP contribution in [0.1, 0.15) is 32.1 Å². The van der Waals surface area contributed by atoms with Crippen molar-refractivity contribution in [3.63, 3.8) is 0 Å². The van der Waals surface area contributed by atoms with Crippen LogP contribution >= 0.6 is 0 Å². The summed E-state index contributed by atoms with van der Waals surface area (Å²) in [6.07, 6.45) is 4.73. The molecule has 5 heteroatoms. The van der Waals surface area contributed by atoms with E-state index < -0.39 is 9.84 Å². The Morgan fingerprint density at radius 1 is 1.43 bits per heavy atom. The van der Waals surface area contributed by atoms with Gasteiger partial charge in [-0.2, -0.15) is 0 Å². The highest BCUT2D eigenvalue weighted by atomic mass is 32.2. The van der Waals surface area contributed by atoms with Crippen molar-refractivity contribution in [3.8, 4) is 0 Å². The van der Waals surface area contributed by atoms with Gasteiger partial charge in [0.15, 0.2) is 0 Å². The molecular formula is C9H17NO3S. The maximum atomic E-state index is 11.3.